The van der Waals surface area contributed by atoms with Gasteiger partial charge in [0, 0.05) is 16.7 Å². The highest BCUT2D eigenvalue weighted by Crippen LogP contribution is 2.45. The Bertz CT molecular complexity index is 1250. The molecule has 0 aliphatic carbocycles. The van der Waals surface area contributed by atoms with Crippen molar-refractivity contribution in [1.29, 1.82) is 5.26 Å². The number of fused-ring (bicyclic) bond motifs is 1. The lowest BCUT2D eigenvalue weighted by molar-refractivity contribution is -0.136. The van der Waals surface area contributed by atoms with Crippen LogP contribution >= 0.6 is 11.6 Å². The van der Waals surface area contributed by atoms with Crippen LogP contribution in [0.4, 0.5) is 0 Å². The summed E-state index contributed by atoms with van der Waals surface area (Å²) >= 11 is 6.39. The van der Waals surface area contributed by atoms with Crippen LogP contribution < -0.4 is 19.9 Å². The average Bonchev–Trinajstić information content (AvgIpc) is 2.78. The summed E-state index contributed by atoms with van der Waals surface area (Å²) in [5.74, 6) is 0.155. The summed E-state index contributed by atoms with van der Waals surface area (Å²) in [7, 11) is 0. The predicted molar refractivity (Wildman–Crippen MR) is 120 cm³/mol. The van der Waals surface area contributed by atoms with E-state index in [9.17, 15) is 10.1 Å². The van der Waals surface area contributed by atoms with E-state index in [2.05, 4.69) is 6.07 Å². The number of carbonyl (C=O) groups excluding carboxylic acids is 1. The Morgan fingerprint density at radius 1 is 1.09 bits per heavy atom. The number of rotatable bonds is 5. The highest BCUT2D eigenvalue weighted by molar-refractivity contribution is 6.31. The highest BCUT2D eigenvalue weighted by atomic mass is 35.5. The Kier molecular flexibility index (Phi) is 6.02. The summed E-state index contributed by atoms with van der Waals surface area (Å²) in [5.41, 5.74) is 8.81. The molecule has 3 aromatic rings. The lowest BCUT2D eigenvalue weighted by Gasteiger charge is -2.27. The molecule has 3 aromatic carbocycles. The van der Waals surface area contributed by atoms with Gasteiger partial charge in [0.25, 0.3) is 0 Å². The summed E-state index contributed by atoms with van der Waals surface area (Å²) in [6, 6.07) is 21.6. The van der Waals surface area contributed by atoms with Crippen LogP contribution in [0.1, 0.15) is 22.6 Å². The number of nitriles is 1. The second kappa shape index (κ2) is 9.04. The van der Waals surface area contributed by atoms with Gasteiger partial charge in [-0.15, -0.1) is 0 Å². The zero-order chi connectivity index (χ0) is 22.7. The van der Waals surface area contributed by atoms with Crippen LogP contribution in [0.5, 0.6) is 17.2 Å². The van der Waals surface area contributed by atoms with E-state index >= 15 is 0 Å². The Balaban J connectivity index is 1.55. The predicted octanol–water partition coefficient (Wildman–Crippen LogP) is 4.85. The molecular formula is C25H19ClN2O4. The fourth-order valence-electron chi connectivity index (χ4n) is 3.47. The molecule has 7 heteroatoms. The number of allylic oxidation sites excluding steroid dienone is 1. The van der Waals surface area contributed by atoms with Gasteiger partial charge in [-0.1, -0.05) is 53.6 Å². The maximum atomic E-state index is 12.2. The van der Waals surface area contributed by atoms with Crippen molar-refractivity contribution in [2.45, 2.75) is 12.8 Å². The molecule has 0 fully saturated rings. The van der Waals surface area contributed by atoms with Crippen molar-refractivity contribution in [1.82, 2.24) is 0 Å². The molecule has 0 spiro atoms. The largest absolute Gasteiger partial charge is 0.482 e. The molecule has 1 aliphatic rings. The molecule has 0 saturated carbocycles. The number of carbonyl (C=O) groups is 1. The third-order valence-corrected chi connectivity index (χ3v) is 5.36. The van der Waals surface area contributed by atoms with Gasteiger partial charge in [0.2, 0.25) is 5.88 Å². The number of halogens is 1. The van der Waals surface area contributed by atoms with Gasteiger partial charge in [-0.05, 0) is 36.8 Å². The topological polar surface area (TPSA) is 94.6 Å². The van der Waals surface area contributed by atoms with E-state index in [1.54, 1.807) is 36.4 Å². The Labute approximate surface area is 190 Å². The quantitative estimate of drug-likeness (QED) is 0.444. The maximum Gasteiger partial charge on any atom is 0.349 e. The summed E-state index contributed by atoms with van der Waals surface area (Å²) in [4.78, 5) is 12.2. The van der Waals surface area contributed by atoms with E-state index in [4.69, 9.17) is 31.5 Å². The minimum absolute atomic E-state index is 0.0175. The second-order valence-electron chi connectivity index (χ2n) is 7.22. The summed E-state index contributed by atoms with van der Waals surface area (Å²) in [6.07, 6.45) is 0. The van der Waals surface area contributed by atoms with Gasteiger partial charge < -0.3 is 19.9 Å². The number of benzene rings is 3. The molecule has 0 aromatic heterocycles. The number of nitrogens with zero attached hydrogens (tertiary/aromatic N) is 1. The zero-order valence-corrected chi connectivity index (χ0v) is 17.9. The van der Waals surface area contributed by atoms with Crippen LogP contribution in [0, 0.1) is 18.3 Å². The van der Waals surface area contributed by atoms with E-state index in [1.165, 1.54) is 0 Å². The number of nitrogens with two attached hydrogens (primary N) is 1. The molecule has 32 heavy (non-hydrogen) atoms. The van der Waals surface area contributed by atoms with Crippen LogP contribution in [-0.2, 0) is 4.79 Å². The molecule has 1 atom stereocenters. The van der Waals surface area contributed by atoms with Gasteiger partial charge in [0.15, 0.2) is 6.61 Å². The third kappa shape index (κ3) is 4.39. The van der Waals surface area contributed by atoms with E-state index in [-0.39, 0.29) is 23.8 Å². The smallest absolute Gasteiger partial charge is 0.349 e. The SMILES string of the molecule is Cc1ccc(OCC(=O)Oc2ccc3c(c2)OC(N)=C(C#N)C3c2ccccc2Cl)cc1. The standard InChI is InChI=1S/C25H19ClN2O4/c1-15-6-8-16(9-7-15)30-14-23(29)31-17-10-11-19-22(12-17)32-25(28)20(13-27)24(19)18-4-2-3-5-21(18)26/h2-12,24H,14,28H2,1H3. The van der Waals surface area contributed by atoms with Gasteiger partial charge in [-0.25, -0.2) is 4.79 Å². The average molecular weight is 447 g/mol. The van der Waals surface area contributed by atoms with Crippen molar-refractivity contribution in [3.05, 3.63) is 99.9 Å². The Morgan fingerprint density at radius 3 is 2.53 bits per heavy atom. The molecule has 0 bridgehead atoms. The molecule has 0 saturated heterocycles. The zero-order valence-electron chi connectivity index (χ0n) is 17.2. The molecule has 1 unspecified atom stereocenters. The van der Waals surface area contributed by atoms with Crippen LogP contribution in [0.25, 0.3) is 0 Å². The summed E-state index contributed by atoms with van der Waals surface area (Å²) in [5, 5.41) is 10.2. The highest BCUT2D eigenvalue weighted by Gasteiger charge is 2.32. The van der Waals surface area contributed by atoms with Crippen LogP contribution in [0.3, 0.4) is 0 Å². The molecule has 2 N–H and O–H groups in total. The Morgan fingerprint density at radius 2 is 1.81 bits per heavy atom. The van der Waals surface area contributed by atoms with Crippen molar-refractivity contribution in [2.24, 2.45) is 5.73 Å². The first-order chi connectivity index (χ1) is 15.5. The lowest BCUT2D eigenvalue weighted by Crippen LogP contribution is -2.22. The third-order valence-electron chi connectivity index (χ3n) is 5.02. The van der Waals surface area contributed by atoms with E-state index < -0.39 is 11.9 Å². The van der Waals surface area contributed by atoms with Crippen molar-refractivity contribution < 1.29 is 19.0 Å². The van der Waals surface area contributed by atoms with E-state index in [0.717, 1.165) is 11.1 Å². The van der Waals surface area contributed by atoms with Gasteiger partial charge >= 0.3 is 5.97 Å². The first-order valence-corrected chi connectivity index (χ1v) is 10.2. The van der Waals surface area contributed by atoms with Crippen molar-refractivity contribution in [2.75, 3.05) is 6.61 Å². The molecule has 160 valence electrons. The normalized spacial score (nSPS) is 14.7. The number of hydrogen-bond acceptors (Lipinski definition) is 6. The Hall–Kier alpha value is -3.95. The van der Waals surface area contributed by atoms with Crippen LogP contribution in [0.2, 0.25) is 5.02 Å². The first-order valence-electron chi connectivity index (χ1n) is 9.82. The van der Waals surface area contributed by atoms with Crippen molar-refractivity contribution in [3.63, 3.8) is 0 Å². The molecule has 1 aliphatic heterocycles. The molecular weight excluding hydrogens is 428 g/mol. The van der Waals surface area contributed by atoms with Gasteiger partial charge in [-0.2, -0.15) is 5.26 Å². The second-order valence-corrected chi connectivity index (χ2v) is 7.63. The minimum atomic E-state index is -0.565. The molecule has 0 radical (unpaired) electrons. The van der Waals surface area contributed by atoms with Crippen LogP contribution in [-0.4, -0.2) is 12.6 Å². The van der Waals surface area contributed by atoms with E-state index in [1.807, 2.05) is 37.3 Å². The maximum absolute atomic E-state index is 12.2. The van der Waals surface area contributed by atoms with Gasteiger partial charge in [0.1, 0.15) is 28.9 Å². The fourth-order valence-corrected chi connectivity index (χ4v) is 3.71. The minimum Gasteiger partial charge on any atom is -0.482 e. The van der Waals surface area contributed by atoms with Crippen molar-refractivity contribution in [3.8, 4) is 23.3 Å². The lowest BCUT2D eigenvalue weighted by atomic mass is 9.83. The number of aryl methyl sites for hydroxylation is 1. The van der Waals surface area contributed by atoms with Gasteiger partial charge in [0.05, 0.1) is 5.92 Å². The summed E-state index contributed by atoms with van der Waals surface area (Å²) in [6.45, 7) is 1.72. The fraction of sp³-hybridized carbons (Fsp3) is 0.120. The number of hydrogen-bond donors (Lipinski definition) is 1. The molecule has 6 nitrogen and oxygen atoms in total. The van der Waals surface area contributed by atoms with Gasteiger partial charge in [-0.3, -0.25) is 0 Å². The molecule has 1 heterocycles. The van der Waals surface area contributed by atoms with Crippen molar-refractivity contribution >= 4 is 17.6 Å². The number of ether oxygens (including phenoxy) is 3. The monoisotopic (exact) mass is 446 g/mol. The summed E-state index contributed by atoms with van der Waals surface area (Å²) < 4.78 is 16.5. The first kappa shape index (κ1) is 21.3. The molecule has 4 rings (SSSR count). The van der Waals surface area contributed by atoms with E-state index in [0.29, 0.717) is 22.1 Å². The molecule has 0 amide bonds. The number of esters is 1. The van der Waals surface area contributed by atoms with Crippen LogP contribution in [0.15, 0.2) is 78.2 Å².